The van der Waals surface area contributed by atoms with Crippen LogP contribution in [-0.4, -0.2) is 30.9 Å². The van der Waals surface area contributed by atoms with Crippen LogP contribution in [0.15, 0.2) is 23.5 Å². The van der Waals surface area contributed by atoms with Gasteiger partial charge in [-0.2, -0.15) is 0 Å². The van der Waals surface area contributed by atoms with Crippen molar-refractivity contribution in [1.82, 2.24) is 5.32 Å². The predicted molar refractivity (Wildman–Crippen MR) is 94.3 cm³/mol. The first-order valence-corrected chi connectivity index (χ1v) is 9.43. The van der Waals surface area contributed by atoms with Crippen molar-refractivity contribution in [1.29, 1.82) is 0 Å². The fraction of sp³-hybridized carbons (Fsp3) is 0.684. The van der Waals surface area contributed by atoms with Gasteiger partial charge in [0.05, 0.1) is 6.04 Å². The molecule has 7 heteroatoms. The van der Waals surface area contributed by atoms with Gasteiger partial charge in [-0.3, -0.25) is 9.59 Å². The quantitative estimate of drug-likeness (QED) is 0.579. The molecule has 0 bridgehead atoms. The lowest BCUT2D eigenvalue weighted by molar-refractivity contribution is -0.131. The van der Waals surface area contributed by atoms with Gasteiger partial charge in [-0.25, -0.2) is 8.78 Å². The smallest absolute Gasteiger partial charge is 0.223 e. The minimum absolute atomic E-state index is 0.00575. The number of Topliss-reactive ketones (excluding diaryl/α,β-unsaturated/α-hetero) is 1. The monoisotopic (exact) mass is 370 g/mol. The van der Waals surface area contributed by atoms with Crippen molar-refractivity contribution in [3.05, 3.63) is 23.5 Å². The van der Waals surface area contributed by atoms with Crippen molar-refractivity contribution in [3.63, 3.8) is 0 Å². The van der Waals surface area contributed by atoms with E-state index in [4.69, 9.17) is 10.5 Å². The third-order valence-electron chi connectivity index (χ3n) is 4.90. The predicted octanol–water partition coefficient (Wildman–Crippen LogP) is 3.20. The average Bonchev–Trinajstić information content (AvgIpc) is 3.16. The average molecular weight is 370 g/mol. The lowest BCUT2D eigenvalue weighted by Crippen LogP contribution is -2.44. The summed E-state index contributed by atoms with van der Waals surface area (Å²) < 4.78 is 32.1. The third kappa shape index (κ3) is 5.90. The van der Waals surface area contributed by atoms with Gasteiger partial charge in [0.2, 0.25) is 5.91 Å². The molecule has 1 atom stereocenters. The van der Waals surface area contributed by atoms with E-state index >= 15 is 0 Å². The molecule has 1 fully saturated rings. The maximum atomic E-state index is 13.7. The van der Waals surface area contributed by atoms with E-state index in [0.29, 0.717) is 25.8 Å². The molecule has 0 radical (unpaired) electrons. The third-order valence-corrected chi connectivity index (χ3v) is 4.90. The largest absolute Gasteiger partial charge is 0.483 e. The van der Waals surface area contributed by atoms with Crippen molar-refractivity contribution in [2.24, 2.45) is 11.7 Å². The number of hydrogen-bond acceptors (Lipinski definition) is 4. The molecule has 2 rings (SSSR count). The summed E-state index contributed by atoms with van der Waals surface area (Å²) in [5.41, 5.74) is 5.49. The maximum absolute atomic E-state index is 13.7. The molecule has 2 aliphatic carbocycles. The first-order chi connectivity index (χ1) is 12.5. The standard InChI is InChI=1S/C19H28F2N2O3/c20-14-8-5-10-17(18(14)21)26-12-16(24)15(9-3-4-11-22)23-19(25)13-6-1-2-7-13/h10,13,15H,1-9,11-12,22H2,(H,23,25). The first-order valence-electron chi connectivity index (χ1n) is 9.43. The maximum Gasteiger partial charge on any atom is 0.223 e. The van der Waals surface area contributed by atoms with Crippen LogP contribution in [0.1, 0.15) is 57.8 Å². The van der Waals surface area contributed by atoms with E-state index in [1.807, 2.05) is 0 Å². The van der Waals surface area contributed by atoms with Gasteiger partial charge in [0.25, 0.3) is 0 Å². The fourth-order valence-corrected chi connectivity index (χ4v) is 3.32. The Morgan fingerprint density at radius 1 is 1.27 bits per heavy atom. The summed E-state index contributed by atoms with van der Waals surface area (Å²) in [5, 5.41) is 2.82. The summed E-state index contributed by atoms with van der Waals surface area (Å²) in [6.45, 7) is 0.112. The summed E-state index contributed by atoms with van der Waals surface area (Å²) in [4.78, 5) is 24.8. The number of nitrogens with two attached hydrogens (primary N) is 1. The molecule has 0 aromatic carbocycles. The van der Waals surface area contributed by atoms with Crippen LogP contribution in [0.5, 0.6) is 0 Å². The number of hydrogen-bond donors (Lipinski definition) is 2. The number of rotatable bonds is 10. The minimum Gasteiger partial charge on any atom is -0.483 e. The van der Waals surface area contributed by atoms with Gasteiger partial charge < -0.3 is 15.8 Å². The number of carbonyl (C=O) groups is 2. The molecule has 2 aliphatic rings. The van der Waals surface area contributed by atoms with Gasteiger partial charge in [-0.15, -0.1) is 0 Å². The molecule has 0 spiro atoms. The Bertz CT molecular complexity index is 569. The van der Waals surface area contributed by atoms with Crippen molar-refractivity contribution < 1.29 is 23.1 Å². The molecule has 0 aliphatic heterocycles. The Hall–Kier alpha value is -1.76. The van der Waals surface area contributed by atoms with Gasteiger partial charge in [0.15, 0.2) is 17.4 Å². The molecule has 3 N–H and O–H groups in total. The molecule has 0 saturated heterocycles. The Balaban J connectivity index is 1.91. The van der Waals surface area contributed by atoms with Crippen LogP contribution in [0.4, 0.5) is 8.78 Å². The summed E-state index contributed by atoms with van der Waals surface area (Å²) in [6, 6.07) is -0.685. The molecular weight excluding hydrogens is 342 g/mol. The SMILES string of the molecule is NCCCCC(NC(=O)C1CCCC1)C(=O)COC1=CCCC(F)=C1F. The molecule has 1 amide bonds. The molecular formula is C19H28F2N2O3. The Labute approximate surface area is 153 Å². The fourth-order valence-electron chi connectivity index (χ4n) is 3.32. The van der Waals surface area contributed by atoms with Gasteiger partial charge in [-0.1, -0.05) is 12.8 Å². The summed E-state index contributed by atoms with van der Waals surface area (Å²) >= 11 is 0. The number of ketones is 1. The molecule has 0 aromatic heterocycles. The number of halogens is 2. The van der Waals surface area contributed by atoms with Gasteiger partial charge >= 0.3 is 0 Å². The van der Waals surface area contributed by atoms with Crippen LogP contribution in [0.25, 0.3) is 0 Å². The normalized spacial score (nSPS) is 19.3. The number of nitrogens with one attached hydrogen (secondary N) is 1. The van der Waals surface area contributed by atoms with E-state index in [2.05, 4.69) is 5.32 Å². The molecule has 1 saturated carbocycles. The highest BCUT2D eigenvalue weighted by Crippen LogP contribution is 2.28. The van der Waals surface area contributed by atoms with Crippen LogP contribution in [0.2, 0.25) is 0 Å². The van der Waals surface area contributed by atoms with E-state index in [-0.39, 0.29) is 29.8 Å². The van der Waals surface area contributed by atoms with Crippen LogP contribution >= 0.6 is 0 Å². The van der Waals surface area contributed by atoms with Crippen molar-refractivity contribution in [2.75, 3.05) is 13.2 Å². The van der Waals surface area contributed by atoms with Gasteiger partial charge in [0, 0.05) is 12.3 Å². The molecule has 0 heterocycles. The molecule has 0 aromatic rings. The van der Waals surface area contributed by atoms with Crippen molar-refractivity contribution >= 4 is 11.7 Å². The summed E-state index contributed by atoms with van der Waals surface area (Å²) in [5.74, 6) is -2.63. The molecule has 5 nitrogen and oxygen atoms in total. The van der Waals surface area contributed by atoms with Crippen LogP contribution < -0.4 is 11.1 Å². The van der Waals surface area contributed by atoms with Crippen molar-refractivity contribution in [2.45, 2.75) is 63.8 Å². The molecule has 146 valence electrons. The second kappa shape index (κ2) is 10.4. The zero-order chi connectivity index (χ0) is 18.9. The highest BCUT2D eigenvalue weighted by atomic mass is 19.2. The minimum atomic E-state index is -1.04. The molecule has 26 heavy (non-hydrogen) atoms. The lowest BCUT2D eigenvalue weighted by Gasteiger charge is -2.21. The summed E-state index contributed by atoms with van der Waals surface area (Å²) in [6.07, 6.45) is 7.42. The van der Waals surface area contributed by atoms with E-state index in [1.54, 1.807) is 0 Å². The number of ether oxygens (including phenoxy) is 1. The Morgan fingerprint density at radius 3 is 2.69 bits per heavy atom. The van der Waals surface area contributed by atoms with Gasteiger partial charge in [0.1, 0.15) is 12.4 Å². The zero-order valence-corrected chi connectivity index (χ0v) is 15.1. The van der Waals surface area contributed by atoms with E-state index in [0.717, 1.165) is 32.1 Å². The lowest BCUT2D eigenvalue weighted by atomic mass is 10.0. The van der Waals surface area contributed by atoms with E-state index < -0.39 is 24.3 Å². The van der Waals surface area contributed by atoms with Crippen LogP contribution in [-0.2, 0) is 14.3 Å². The zero-order valence-electron chi connectivity index (χ0n) is 15.1. The van der Waals surface area contributed by atoms with E-state index in [9.17, 15) is 18.4 Å². The summed E-state index contributed by atoms with van der Waals surface area (Å²) in [7, 11) is 0. The number of unbranched alkanes of at least 4 members (excludes halogenated alkanes) is 1. The highest BCUT2D eigenvalue weighted by Gasteiger charge is 2.28. The van der Waals surface area contributed by atoms with Crippen LogP contribution in [0, 0.1) is 5.92 Å². The topological polar surface area (TPSA) is 81.4 Å². The van der Waals surface area contributed by atoms with Gasteiger partial charge in [-0.05, 0) is 51.1 Å². The highest BCUT2D eigenvalue weighted by molar-refractivity contribution is 5.90. The van der Waals surface area contributed by atoms with Crippen LogP contribution in [0.3, 0.4) is 0 Å². The second-order valence-electron chi connectivity index (χ2n) is 6.91. The van der Waals surface area contributed by atoms with Crippen molar-refractivity contribution in [3.8, 4) is 0 Å². The number of allylic oxidation sites excluding steroid dienone is 3. The number of amides is 1. The second-order valence-corrected chi connectivity index (χ2v) is 6.91. The number of carbonyl (C=O) groups excluding carboxylic acids is 2. The Morgan fingerprint density at radius 2 is 2.00 bits per heavy atom. The first kappa shape index (κ1) is 20.6. The van der Waals surface area contributed by atoms with E-state index in [1.165, 1.54) is 6.08 Å². The molecule has 1 unspecified atom stereocenters. The Kier molecular flexibility index (Phi) is 8.22.